The van der Waals surface area contributed by atoms with Gasteiger partial charge in [-0.25, -0.2) is 0 Å². The molecule has 92 valence electrons. The summed E-state index contributed by atoms with van der Waals surface area (Å²) in [6.45, 7) is 3.32. The van der Waals surface area contributed by atoms with E-state index in [0.29, 0.717) is 0 Å². The van der Waals surface area contributed by atoms with Crippen LogP contribution in [0.15, 0.2) is 30.3 Å². The third-order valence-electron chi connectivity index (χ3n) is 3.45. The summed E-state index contributed by atoms with van der Waals surface area (Å²) < 4.78 is 0. The first-order valence-corrected chi connectivity index (χ1v) is 5.82. The van der Waals surface area contributed by atoms with Crippen LogP contribution in [0, 0.1) is 11.3 Å². The zero-order valence-corrected chi connectivity index (χ0v) is 10.4. The zero-order valence-electron chi connectivity index (χ0n) is 10.4. The van der Waals surface area contributed by atoms with Gasteiger partial charge in [0.05, 0.1) is 11.5 Å². The number of amides is 2. The third kappa shape index (κ3) is 1.68. The Hall–Kier alpha value is -2.15. The smallest absolute Gasteiger partial charge is 0.241 e. The lowest BCUT2D eigenvalue weighted by molar-refractivity contribution is -0.140. The molecule has 1 aliphatic rings. The van der Waals surface area contributed by atoms with Crippen LogP contribution in [-0.2, 0) is 15.0 Å². The maximum absolute atomic E-state index is 12.4. The monoisotopic (exact) mass is 242 g/mol. The topological polar surface area (TPSA) is 61.2 Å². The van der Waals surface area contributed by atoms with Gasteiger partial charge >= 0.3 is 0 Å². The highest BCUT2D eigenvalue weighted by Crippen LogP contribution is 2.36. The predicted molar refractivity (Wildman–Crippen MR) is 65.3 cm³/mol. The Morgan fingerprint density at radius 1 is 1.33 bits per heavy atom. The van der Waals surface area contributed by atoms with Crippen molar-refractivity contribution in [3.05, 3.63) is 35.9 Å². The Labute approximate surface area is 106 Å². The first-order valence-electron chi connectivity index (χ1n) is 5.82. The maximum Gasteiger partial charge on any atom is 0.241 e. The third-order valence-corrected chi connectivity index (χ3v) is 3.45. The molecule has 0 saturated carbocycles. The van der Waals surface area contributed by atoms with Gasteiger partial charge in [-0.3, -0.25) is 14.5 Å². The van der Waals surface area contributed by atoms with Crippen molar-refractivity contribution in [3.8, 4) is 6.07 Å². The number of hydrogen-bond donors (Lipinski definition) is 0. The average molecular weight is 242 g/mol. The van der Waals surface area contributed by atoms with Crippen LogP contribution in [0.4, 0.5) is 0 Å². The lowest BCUT2D eigenvalue weighted by Crippen LogP contribution is -2.41. The number of nitriles is 1. The van der Waals surface area contributed by atoms with Gasteiger partial charge in [-0.1, -0.05) is 30.3 Å². The molecule has 1 aromatic rings. The van der Waals surface area contributed by atoms with E-state index in [1.807, 2.05) is 36.4 Å². The van der Waals surface area contributed by atoms with E-state index in [1.165, 1.54) is 0 Å². The fourth-order valence-electron chi connectivity index (χ4n) is 2.32. The van der Waals surface area contributed by atoms with Crippen LogP contribution >= 0.6 is 0 Å². The molecule has 1 aliphatic heterocycles. The van der Waals surface area contributed by atoms with Gasteiger partial charge in [-0.05, 0) is 19.4 Å². The molecule has 2 amide bonds. The fourth-order valence-corrected chi connectivity index (χ4v) is 2.32. The second-order valence-corrected chi connectivity index (χ2v) is 4.75. The molecule has 4 nitrogen and oxygen atoms in total. The second-order valence-electron chi connectivity index (χ2n) is 4.75. The molecule has 0 bridgehead atoms. The Bertz CT molecular complexity index is 532. The van der Waals surface area contributed by atoms with Crippen molar-refractivity contribution >= 4 is 11.8 Å². The van der Waals surface area contributed by atoms with Gasteiger partial charge in [0.1, 0.15) is 6.04 Å². The summed E-state index contributed by atoms with van der Waals surface area (Å²) in [5, 5.41) is 8.88. The van der Waals surface area contributed by atoms with Crippen molar-refractivity contribution in [2.24, 2.45) is 0 Å². The van der Waals surface area contributed by atoms with Crippen LogP contribution in [0.25, 0.3) is 0 Å². The van der Waals surface area contributed by atoms with Crippen molar-refractivity contribution in [3.63, 3.8) is 0 Å². The van der Waals surface area contributed by atoms with Crippen molar-refractivity contribution in [1.82, 2.24) is 4.90 Å². The van der Waals surface area contributed by atoms with Crippen LogP contribution in [0.1, 0.15) is 25.8 Å². The highest BCUT2D eigenvalue weighted by Gasteiger charge is 2.50. The summed E-state index contributed by atoms with van der Waals surface area (Å²) in [5.41, 5.74) is -0.0281. The molecule has 2 atom stereocenters. The van der Waals surface area contributed by atoms with Gasteiger partial charge in [-0.2, -0.15) is 5.26 Å². The number of benzene rings is 1. The first-order chi connectivity index (χ1) is 8.50. The number of carbonyl (C=O) groups excluding carboxylic acids is 2. The number of rotatable bonds is 2. The molecule has 0 aliphatic carbocycles. The molecule has 4 heteroatoms. The summed E-state index contributed by atoms with van der Waals surface area (Å²) >= 11 is 0. The lowest BCUT2D eigenvalue weighted by atomic mass is 9.81. The SMILES string of the molecule is CC(C#N)N1C(=O)CC(C)(c2ccccc2)C1=O. The van der Waals surface area contributed by atoms with E-state index >= 15 is 0 Å². The van der Waals surface area contributed by atoms with Gasteiger partial charge in [0.25, 0.3) is 0 Å². The van der Waals surface area contributed by atoms with E-state index in [0.717, 1.165) is 10.5 Å². The molecule has 0 spiro atoms. The normalized spacial score (nSPS) is 25.1. The van der Waals surface area contributed by atoms with E-state index in [9.17, 15) is 9.59 Å². The second kappa shape index (κ2) is 4.26. The standard InChI is InChI=1S/C14H14N2O2/c1-10(9-15)16-12(17)8-14(2,13(16)18)11-6-4-3-5-7-11/h3-7,10H,8H2,1-2H3. The minimum atomic E-state index is -0.844. The van der Waals surface area contributed by atoms with Gasteiger partial charge in [0.15, 0.2) is 0 Å². The molecule has 18 heavy (non-hydrogen) atoms. The molecular weight excluding hydrogens is 228 g/mol. The highest BCUT2D eigenvalue weighted by molar-refractivity contribution is 6.09. The van der Waals surface area contributed by atoms with Gasteiger partial charge < -0.3 is 0 Å². The fraction of sp³-hybridized carbons (Fsp3) is 0.357. The summed E-state index contributed by atoms with van der Waals surface area (Å²) in [7, 11) is 0. The van der Waals surface area contributed by atoms with Crippen LogP contribution < -0.4 is 0 Å². The molecule has 2 rings (SSSR count). The zero-order chi connectivity index (χ0) is 13.3. The van der Waals surface area contributed by atoms with Crippen molar-refractivity contribution in [1.29, 1.82) is 5.26 Å². The van der Waals surface area contributed by atoms with E-state index in [-0.39, 0.29) is 18.2 Å². The Kier molecular flexibility index (Phi) is 2.92. The van der Waals surface area contributed by atoms with E-state index in [1.54, 1.807) is 13.8 Å². The van der Waals surface area contributed by atoms with Crippen LogP contribution in [0.3, 0.4) is 0 Å². The largest absolute Gasteiger partial charge is 0.274 e. The van der Waals surface area contributed by atoms with Gasteiger partial charge in [0.2, 0.25) is 11.8 Å². The summed E-state index contributed by atoms with van der Waals surface area (Å²) in [4.78, 5) is 25.4. The molecule has 1 heterocycles. The van der Waals surface area contributed by atoms with E-state index in [2.05, 4.69) is 0 Å². The van der Waals surface area contributed by atoms with Crippen molar-refractivity contribution in [2.45, 2.75) is 31.7 Å². The molecule has 1 saturated heterocycles. The lowest BCUT2D eigenvalue weighted by Gasteiger charge is -2.23. The molecule has 1 aromatic carbocycles. The molecule has 2 unspecified atom stereocenters. The predicted octanol–water partition coefficient (Wildman–Crippen LogP) is 1.62. The summed E-state index contributed by atoms with van der Waals surface area (Å²) in [6, 6.07) is 10.5. The summed E-state index contributed by atoms with van der Waals surface area (Å²) in [5.74, 6) is -0.562. The van der Waals surface area contributed by atoms with E-state index < -0.39 is 11.5 Å². The molecule has 0 N–H and O–H groups in total. The molecular formula is C14H14N2O2. The highest BCUT2D eigenvalue weighted by atomic mass is 16.2. The minimum Gasteiger partial charge on any atom is -0.274 e. The van der Waals surface area contributed by atoms with Gasteiger partial charge in [0, 0.05) is 6.42 Å². The summed E-state index contributed by atoms with van der Waals surface area (Å²) in [6.07, 6.45) is 0.127. The Balaban J connectivity index is 2.42. The molecule has 0 aromatic heterocycles. The molecule has 0 radical (unpaired) electrons. The van der Waals surface area contributed by atoms with E-state index in [4.69, 9.17) is 5.26 Å². The van der Waals surface area contributed by atoms with Crippen molar-refractivity contribution < 1.29 is 9.59 Å². The quantitative estimate of drug-likeness (QED) is 0.740. The van der Waals surface area contributed by atoms with Gasteiger partial charge in [-0.15, -0.1) is 0 Å². The van der Waals surface area contributed by atoms with Crippen molar-refractivity contribution in [2.75, 3.05) is 0 Å². The van der Waals surface area contributed by atoms with Crippen LogP contribution in [-0.4, -0.2) is 22.8 Å². The number of imide groups is 1. The Morgan fingerprint density at radius 2 is 1.94 bits per heavy atom. The van der Waals surface area contributed by atoms with Crippen LogP contribution in [0.5, 0.6) is 0 Å². The van der Waals surface area contributed by atoms with Crippen LogP contribution in [0.2, 0.25) is 0 Å². The average Bonchev–Trinajstić information content (AvgIpc) is 2.61. The number of nitrogens with zero attached hydrogens (tertiary/aromatic N) is 2. The maximum atomic E-state index is 12.4. The minimum absolute atomic E-state index is 0.127. The number of carbonyl (C=O) groups is 2. The number of hydrogen-bond acceptors (Lipinski definition) is 3. The first kappa shape index (κ1) is 12.3. The number of likely N-dealkylation sites (tertiary alicyclic amines) is 1. The molecule has 1 fully saturated rings. The Morgan fingerprint density at radius 3 is 2.50 bits per heavy atom.